The van der Waals surface area contributed by atoms with Crippen molar-refractivity contribution in [3.05, 3.63) is 35.2 Å². The summed E-state index contributed by atoms with van der Waals surface area (Å²) in [7, 11) is 0. The molecular weight excluding hydrogens is 324 g/mol. The number of aliphatic imine (C=N–C) groups is 2. The number of fused-ring (bicyclic) bond motifs is 1. The van der Waals surface area contributed by atoms with Crippen molar-refractivity contribution in [1.29, 1.82) is 0 Å². The summed E-state index contributed by atoms with van der Waals surface area (Å²) in [5.74, 6) is 0.593. The van der Waals surface area contributed by atoms with Gasteiger partial charge in [-0.25, -0.2) is 9.98 Å². The summed E-state index contributed by atoms with van der Waals surface area (Å²) < 4.78 is 1.97. The second-order valence-electron chi connectivity index (χ2n) is 7.96. The van der Waals surface area contributed by atoms with Gasteiger partial charge in [-0.15, -0.1) is 0 Å². The first kappa shape index (κ1) is 19.8. The van der Waals surface area contributed by atoms with Crippen molar-refractivity contribution in [1.82, 2.24) is 9.78 Å². The number of benzene rings is 1. The smallest absolute Gasteiger partial charge is 0.180 e. The standard InChI is InChI=1S/C21H28N4O/c1-13-9-17(14(2)11-23-16(4)22-8)10-18-19(15(3)26)24-25(20(13)18)12-21(5,6)7/h9-11H,8,12H2,1-7H3/b14-11+,23-16-. The van der Waals surface area contributed by atoms with E-state index in [4.69, 9.17) is 0 Å². The van der Waals surface area contributed by atoms with E-state index in [0.29, 0.717) is 11.5 Å². The van der Waals surface area contributed by atoms with E-state index >= 15 is 0 Å². The molecule has 0 aliphatic carbocycles. The SMILES string of the molecule is C=N/C(C)=N\C=C(/C)c1cc(C)c2c(c1)c(C(C)=O)nn2CC(C)(C)C. The van der Waals surface area contributed by atoms with Gasteiger partial charge in [0.15, 0.2) is 5.78 Å². The average molecular weight is 352 g/mol. The largest absolute Gasteiger partial charge is 0.293 e. The van der Waals surface area contributed by atoms with E-state index in [9.17, 15) is 4.79 Å². The Kier molecular flexibility index (Phi) is 5.59. The minimum atomic E-state index is -0.0226. The van der Waals surface area contributed by atoms with Gasteiger partial charge in [0.1, 0.15) is 11.5 Å². The molecule has 0 bridgehead atoms. The molecule has 26 heavy (non-hydrogen) atoms. The molecule has 0 aliphatic rings. The summed E-state index contributed by atoms with van der Waals surface area (Å²) in [4.78, 5) is 20.2. The molecule has 0 fully saturated rings. The zero-order valence-electron chi connectivity index (χ0n) is 16.8. The Morgan fingerprint density at radius 2 is 1.92 bits per heavy atom. The molecule has 138 valence electrons. The Hall–Kier alpha value is -2.56. The number of rotatable bonds is 4. The molecule has 5 nitrogen and oxygen atoms in total. The number of allylic oxidation sites excluding steroid dienone is 1. The lowest BCUT2D eigenvalue weighted by Gasteiger charge is -2.19. The normalized spacial score (nSPS) is 13.3. The van der Waals surface area contributed by atoms with Crippen LogP contribution in [0.5, 0.6) is 0 Å². The van der Waals surface area contributed by atoms with Crippen LogP contribution < -0.4 is 0 Å². The van der Waals surface area contributed by atoms with E-state index in [1.807, 2.05) is 17.7 Å². The Balaban J connectivity index is 2.68. The number of ketones is 1. The number of Topliss-reactive ketones (excluding diaryl/α,β-unsaturated/α-hetero) is 1. The fraction of sp³-hybridized carbons (Fsp3) is 0.429. The summed E-state index contributed by atoms with van der Waals surface area (Å²) in [6.07, 6.45) is 1.78. The van der Waals surface area contributed by atoms with Crippen LogP contribution in [0.3, 0.4) is 0 Å². The van der Waals surface area contributed by atoms with Gasteiger partial charge in [0.2, 0.25) is 0 Å². The first-order valence-electron chi connectivity index (χ1n) is 8.74. The summed E-state index contributed by atoms with van der Waals surface area (Å²) in [5.41, 5.74) is 4.72. The molecule has 0 amide bonds. The van der Waals surface area contributed by atoms with E-state index in [-0.39, 0.29) is 11.2 Å². The van der Waals surface area contributed by atoms with E-state index in [2.05, 4.69) is 55.6 Å². The molecule has 5 heteroatoms. The third-order valence-corrected chi connectivity index (χ3v) is 4.12. The topological polar surface area (TPSA) is 59.6 Å². The van der Waals surface area contributed by atoms with Crippen molar-refractivity contribution in [2.45, 2.75) is 55.0 Å². The molecule has 2 aromatic rings. The fourth-order valence-electron chi connectivity index (χ4n) is 2.88. The van der Waals surface area contributed by atoms with Gasteiger partial charge in [0.05, 0.1) is 5.52 Å². The molecule has 0 radical (unpaired) electrons. The van der Waals surface area contributed by atoms with Crippen LogP contribution >= 0.6 is 0 Å². The highest BCUT2D eigenvalue weighted by Crippen LogP contribution is 2.30. The highest BCUT2D eigenvalue weighted by Gasteiger charge is 2.20. The second-order valence-corrected chi connectivity index (χ2v) is 7.96. The lowest BCUT2D eigenvalue weighted by molar-refractivity contribution is 0.101. The van der Waals surface area contributed by atoms with Gasteiger partial charge in [0.25, 0.3) is 0 Å². The molecule has 0 saturated carbocycles. The van der Waals surface area contributed by atoms with Gasteiger partial charge in [-0.1, -0.05) is 20.8 Å². The van der Waals surface area contributed by atoms with Crippen LogP contribution in [0.4, 0.5) is 0 Å². The Morgan fingerprint density at radius 3 is 2.46 bits per heavy atom. The lowest BCUT2D eigenvalue weighted by atomic mass is 9.96. The minimum absolute atomic E-state index is 0.0226. The summed E-state index contributed by atoms with van der Waals surface area (Å²) in [6, 6.07) is 4.15. The van der Waals surface area contributed by atoms with Crippen LogP contribution in [-0.4, -0.2) is 28.1 Å². The molecule has 1 heterocycles. The highest BCUT2D eigenvalue weighted by atomic mass is 16.1. The van der Waals surface area contributed by atoms with Gasteiger partial charge >= 0.3 is 0 Å². The van der Waals surface area contributed by atoms with E-state index in [1.165, 1.54) is 0 Å². The van der Waals surface area contributed by atoms with Gasteiger partial charge in [0, 0.05) is 25.1 Å². The number of hydrogen-bond donors (Lipinski definition) is 0. The van der Waals surface area contributed by atoms with Crippen LogP contribution in [0.1, 0.15) is 63.2 Å². The summed E-state index contributed by atoms with van der Waals surface area (Å²) >= 11 is 0. The van der Waals surface area contributed by atoms with Crippen LogP contribution in [-0.2, 0) is 6.54 Å². The first-order valence-corrected chi connectivity index (χ1v) is 8.74. The molecule has 0 spiro atoms. The number of carbonyl (C=O) groups excluding carboxylic acids is 1. The van der Waals surface area contributed by atoms with Crippen molar-refractivity contribution in [2.24, 2.45) is 15.4 Å². The van der Waals surface area contributed by atoms with Gasteiger partial charge in [-0.3, -0.25) is 9.48 Å². The minimum Gasteiger partial charge on any atom is -0.293 e. The molecule has 0 N–H and O–H groups in total. The van der Waals surface area contributed by atoms with Crippen molar-refractivity contribution >= 4 is 34.8 Å². The van der Waals surface area contributed by atoms with Crippen molar-refractivity contribution in [3.63, 3.8) is 0 Å². The zero-order valence-corrected chi connectivity index (χ0v) is 16.8. The molecule has 0 saturated heterocycles. The third kappa shape index (κ3) is 4.34. The number of aryl methyl sites for hydroxylation is 1. The molecule has 1 aromatic heterocycles. The highest BCUT2D eigenvalue weighted by molar-refractivity contribution is 6.06. The van der Waals surface area contributed by atoms with Crippen LogP contribution in [0, 0.1) is 12.3 Å². The predicted molar refractivity (Wildman–Crippen MR) is 110 cm³/mol. The van der Waals surface area contributed by atoms with Crippen LogP contribution in [0.25, 0.3) is 16.5 Å². The number of hydrogen-bond acceptors (Lipinski definition) is 3. The van der Waals surface area contributed by atoms with Crippen molar-refractivity contribution < 1.29 is 4.79 Å². The maximum Gasteiger partial charge on any atom is 0.180 e. The lowest BCUT2D eigenvalue weighted by Crippen LogP contribution is -2.17. The van der Waals surface area contributed by atoms with Gasteiger partial charge in [-0.05, 0) is 61.7 Å². The number of nitrogens with zero attached hydrogens (tertiary/aromatic N) is 4. The van der Waals surface area contributed by atoms with Crippen LogP contribution in [0.15, 0.2) is 28.3 Å². The monoisotopic (exact) mass is 352 g/mol. The molecule has 0 aliphatic heterocycles. The quantitative estimate of drug-likeness (QED) is 0.438. The molecule has 0 atom stereocenters. The zero-order chi connectivity index (χ0) is 19.6. The molecule has 2 rings (SSSR count). The van der Waals surface area contributed by atoms with E-state index in [0.717, 1.165) is 34.1 Å². The van der Waals surface area contributed by atoms with Gasteiger partial charge in [-0.2, -0.15) is 5.10 Å². The predicted octanol–water partition coefficient (Wildman–Crippen LogP) is 5.07. The maximum absolute atomic E-state index is 12.2. The first-order chi connectivity index (χ1) is 12.0. The molecule has 1 aromatic carbocycles. The van der Waals surface area contributed by atoms with Gasteiger partial charge < -0.3 is 0 Å². The fourth-order valence-corrected chi connectivity index (χ4v) is 2.88. The third-order valence-electron chi connectivity index (χ3n) is 4.12. The van der Waals surface area contributed by atoms with Crippen LogP contribution in [0.2, 0.25) is 0 Å². The Morgan fingerprint density at radius 1 is 1.27 bits per heavy atom. The number of carbonyl (C=O) groups is 1. The Bertz CT molecular complexity index is 924. The molecule has 0 unspecified atom stereocenters. The second kappa shape index (κ2) is 7.36. The summed E-state index contributed by atoms with van der Waals surface area (Å²) in [5, 5.41) is 5.52. The Labute approximate surface area is 155 Å². The summed E-state index contributed by atoms with van der Waals surface area (Å²) in [6.45, 7) is 18.1. The number of amidine groups is 1. The van der Waals surface area contributed by atoms with E-state index in [1.54, 1.807) is 20.0 Å². The number of aromatic nitrogens is 2. The van der Waals surface area contributed by atoms with E-state index < -0.39 is 0 Å². The molecular formula is C21H28N4O. The maximum atomic E-state index is 12.2. The average Bonchev–Trinajstić information content (AvgIpc) is 2.89. The van der Waals surface area contributed by atoms with Crippen molar-refractivity contribution in [2.75, 3.05) is 0 Å². The van der Waals surface area contributed by atoms with Crippen molar-refractivity contribution in [3.8, 4) is 0 Å².